The Bertz CT molecular complexity index is 1060. The summed E-state index contributed by atoms with van der Waals surface area (Å²) < 4.78 is 31.9. The maximum atomic E-state index is 13.4. The number of nitrogens with zero attached hydrogens (tertiary/aromatic N) is 2. The molecule has 8 nitrogen and oxygen atoms in total. The Balaban J connectivity index is 2.44. The largest absolute Gasteiger partial charge is 0.492 e. The molecule has 1 N–H and O–H groups in total. The molecule has 0 heterocycles. The van der Waals surface area contributed by atoms with Gasteiger partial charge in [0.25, 0.3) is 0 Å². The minimum absolute atomic E-state index is 0.171. The topological polar surface area (TPSA) is 96.0 Å². The molecule has 1 unspecified atom stereocenters. The molecule has 32 heavy (non-hydrogen) atoms. The molecule has 0 aromatic heterocycles. The molecule has 9 heteroatoms. The Morgan fingerprint density at radius 3 is 2.31 bits per heavy atom. The highest BCUT2D eigenvalue weighted by Gasteiger charge is 2.31. The van der Waals surface area contributed by atoms with Crippen LogP contribution >= 0.6 is 0 Å². The lowest BCUT2D eigenvalue weighted by atomic mass is 10.1. The van der Waals surface area contributed by atoms with E-state index in [0.29, 0.717) is 12.4 Å². The van der Waals surface area contributed by atoms with Crippen LogP contribution in [-0.2, 0) is 26.2 Å². The first kappa shape index (κ1) is 25.2. The monoisotopic (exact) mass is 461 g/mol. The van der Waals surface area contributed by atoms with Crippen LogP contribution in [0.25, 0.3) is 0 Å². The lowest BCUT2D eigenvalue weighted by Crippen LogP contribution is -2.50. The van der Waals surface area contributed by atoms with E-state index in [1.807, 2.05) is 31.2 Å². The van der Waals surface area contributed by atoms with Crippen LogP contribution in [0.2, 0.25) is 0 Å². The summed E-state index contributed by atoms with van der Waals surface area (Å²) >= 11 is 0. The van der Waals surface area contributed by atoms with Crippen molar-refractivity contribution in [3.05, 3.63) is 59.7 Å². The third kappa shape index (κ3) is 6.23. The van der Waals surface area contributed by atoms with E-state index in [4.69, 9.17) is 4.74 Å². The number of amides is 2. The van der Waals surface area contributed by atoms with Crippen LogP contribution in [0.15, 0.2) is 48.5 Å². The van der Waals surface area contributed by atoms with E-state index in [1.54, 1.807) is 38.1 Å². The highest BCUT2D eigenvalue weighted by atomic mass is 32.2. The van der Waals surface area contributed by atoms with E-state index in [9.17, 15) is 18.0 Å². The minimum Gasteiger partial charge on any atom is -0.492 e. The zero-order valence-electron chi connectivity index (χ0n) is 19.2. The molecule has 0 aliphatic heterocycles. The average molecular weight is 462 g/mol. The van der Waals surface area contributed by atoms with Crippen LogP contribution in [0.5, 0.6) is 5.75 Å². The van der Waals surface area contributed by atoms with Crippen molar-refractivity contribution in [3.63, 3.8) is 0 Å². The summed E-state index contributed by atoms with van der Waals surface area (Å²) in [5, 5.41) is 2.56. The van der Waals surface area contributed by atoms with Crippen LogP contribution in [0.4, 0.5) is 5.69 Å². The van der Waals surface area contributed by atoms with Crippen LogP contribution in [-0.4, -0.2) is 57.6 Å². The number of sulfonamides is 1. The van der Waals surface area contributed by atoms with Gasteiger partial charge in [-0.15, -0.1) is 0 Å². The molecule has 0 spiro atoms. The van der Waals surface area contributed by atoms with Crippen molar-refractivity contribution in [2.24, 2.45) is 0 Å². The van der Waals surface area contributed by atoms with Crippen molar-refractivity contribution in [2.45, 2.75) is 33.4 Å². The highest BCUT2D eigenvalue weighted by molar-refractivity contribution is 7.92. The maximum Gasteiger partial charge on any atom is 0.244 e. The molecule has 2 rings (SSSR count). The second-order valence-electron chi connectivity index (χ2n) is 7.41. The van der Waals surface area contributed by atoms with E-state index in [0.717, 1.165) is 21.7 Å². The van der Waals surface area contributed by atoms with Gasteiger partial charge >= 0.3 is 0 Å². The summed E-state index contributed by atoms with van der Waals surface area (Å²) in [6.07, 6.45) is 1.04. The SMILES string of the molecule is CCOc1ccccc1N(CC(=O)N(Cc1ccccc1C)C(C)C(=O)NC)S(C)(=O)=O. The van der Waals surface area contributed by atoms with E-state index < -0.39 is 28.5 Å². The summed E-state index contributed by atoms with van der Waals surface area (Å²) in [5.41, 5.74) is 2.11. The smallest absolute Gasteiger partial charge is 0.244 e. The molecule has 0 saturated carbocycles. The lowest BCUT2D eigenvalue weighted by molar-refractivity contribution is -0.139. The third-order valence-electron chi connectivity index (χ3n) is 5.13. The molecule has 0 fully saturated rings. The lowest BCUT2D eigenvalue weighted by Gasteiger charge is -2.32. The van der Waals surface area contributed by atoms with E-state index >= 15 is 0 Å². The summed E-state index contributed by atoms with van der Waals surface area (Å²) in [5.74, 6) is -0.480. The van der Waals surface area contributed by atoms with Crippen molar-refractivity contribution in [1.29, 1.82) is 0 Å². The molecule has 0 bridgehead atoms. The fourth-order valence-electron chi connectivity index (χ4n) is 3.30. The summed E-state index contributed by atoms with van der Waals surface area (Å²) in [4.78, 5) is 27.2. The Labute approximate surface area is 190 Å². The van der Waals surface area contributed by atoms with Crippen LogP contribution < -0.4 is 14.4 Å². The van der Waals surface area contributed by atoms with Crippen molar-refractivity contribution < 1.29 is 22.7 Å². The number of aryl methyl sites for hydroxylation is 1. The van der Waals surface area contributed by atoms with Crippen LogP contribution in [0, 0.1) is 6.92 Å². The van der Waals surface area contributed by atoms with Gasteiger partial charge in [-0.3, -0.25) is 13.9 Å². The first-order valence-electron chi connectivity index (χ1n) is 10.3. The predicted molar refractivity (Wildman–Crippen MR) is 125 cm³/mol. The Morgan fingerprint density at radius 1 is 1.09 bits per heavy atom. The fraction of sp³-hybridized carbons (Fsp3) is 0.391. The molecule has 0 saturated heterocycles. The summed E-state index contributed by atoms with van der Waals surface area (Å²) in [6, 6.07) is 13.4. The molecule has 0 aliphatic carbocycles. The number of nitrogens with one attached hydrogen (secondary N) is 1. The van der Waals surface area contributed by atoms with Crippen LogP contribution in [0.1, 0.15) is 25.0 Å². The molecule has 1 atom stereocenters. The number of anilines is 1. The van der Waals surface area contributed by atoms with Gasteiger partial charge in [-0.1, -0.05) is 36.4 Å². The van der Waals surface area contributed by atoms with Gasteiger partial charge in [0.1, 0.15) is 18.3 Å². The molecule has 2 amide bonds. The molecule has 0 aliphatic rings. The fourth-order valence-corrected chi connectivity index (χ4v) is 4.15. The molecule has 2 aromatic carbocycles. The average Bonchev–Trinajstić information content (AvgIpc) is 2.75. The summed E-state index contributed by atoms with van der Waals surface area (Å²) in [7, 11) is -2.32. The van der Waals surface area contributed by atoms with Crippen molar-refractivity contribution >= 4 is 27.5 Å². The number of rotatable bonds is 10. The van der Waals surface area contributed by atoms with Crippen molar-refractivity contribution in [3.8, 4) is 5.75 Å². The quantitative estimate of drug-likeness (QED) is 0.586. The zero-order valence-corrected chi connectivity index (χ0v) is 20.0. The highest BCUT2D eigenvalue weighted by Crippen LogP contribution is 2.30. The molecular weight excluding hydrogens is 430 g/mol. The Morgan fingerprint density at radius 2 is 1.72 bits per heavy atom. The number of carbonyl (C=O) groups is 2. The zero-order chi connectivity index (χ0) is 23.9. The van der Waals surface area contributed by atoms with Gasteiger partial charge < -0.3 is 15.0 Å². The molecule has 2 aromatic rings. The predicted octanol–water partition coefficient (Wildman–Crippen LogP) is 2.32. The first-order chi connectivity index (χ1) is 15.1. The van der Waals surface area contributed by atoms with Gasteiger partial charge in [0, 0.05) is 13.6 Å². The van der Waals surface area contributed by atoms with Gasteiger partial charge in [0.15, 0.2) is 0 Å². The van der Waals surface area contributed by atoms with Gasteiger partial charge in [-0.05, 0) is 44.0 Å². The van der Waals surface area contributed by atoms with Gasteiger partial charge in [0.05, 0.1) is 18.6 Å². The Hall–Kier alpha value is -3.07. The normalized spacial score (nSPS) is 12.0. The number of hydrogen-bond donors (Lipinski definition) is 1. The van der Waals surface area contributed by atoms with Gasteiger partial charge in [0.2, 0.25) is 21.8 Å². The van der Waals surface area contributed by atoms with Gasteiger partial charge in [-0.2, -0.15) is 0 Å². The number of benzene rings is 2. The van der Waals surface area contributed by atoms with Crippen molar-refractivity contribution in [1.82, 2.24) is 10.2 Å². The molecule has 0 radical (unpaired) electrons. The Kier molecular flexibility index (Phi) is 8.65. The summed E-state index contributed by atoms with van der Waals surface area (Å²) in [6.45, 7) is 5.38. The van der Waals surface area contributed by atoms with Crippen molar-refractivity contribution in [2.75, 3.05) is 30.8 Å². The molecular formula is C23H31N3O5S. The van der Waals surface area contributed by atoms with Gasteiger partial charge in [-0.25, -0.2) is 8.42 Å². The first-order valence-corrected chi connectivity index (χ1v) is 12.2. The number of ether oxygens (including phenoxy) is 1. The van der Waals surface area contributed by atoms with Crippen LogP contribution in [0.3, 0.4) is 0 Å². The van der Waals surface area contributed by atoms with E-state index in [2.05, 4.69) is 5.32 Å². The molecule has 174 valence electrons. The third-order valence-corrected chi connectivity index (χ3v) is 6.26. The second-order valence-corrected chi connectivity index (χ2v) is 9.32. The number of carbonyl (C=O) groups excluding carboxylic acids is 2. The number of para-hydroxylation sites is 2. The van der Waals surface area contributed by atoms with E-state index in [-0.39, 0.29) is 18.1 Å². The van der Waals surface area contributed by atoms with E-state index in [1.165, 1.54) is 11.9 Å². The second kappa shape index (κ2) is 11.0. The number of likely N-dealkylation sites (N-methyl/N-ethyl adjacent to an activating group) is 1. The standard InChI is InChI=1S/C23H31N3O5S/c1-6-31-21-14-10-9-13-20(21)26(32(5,29)30)16-22(27)25(18(3)23(28)24-4)15-19-12-8-7-11-17(19)2/h7-14,18H,6,15-16H2,1-5H3,(H,24,28). The maximum absolute atomic E-state index is 13.4. The minimum atomic E-state index is -3.81. The number of hydrogen-bond acceptors (Lipinski definition) is 5.